The summed E-state index contributed by atoms with van der Waals surface area (Å²) >= 11 is 1.52. The minimum Gasteiger partial charge on any atom is -0.298 e. The van der Waals surface area contributed by atoms with Crippen LogP contribution in [0.1, 0.15) is 10.4 Å². The van der Waals surface area contributed by atoms with Gasteiger partial charge >= 0.3 is 5.69 Å². The molecular formula is C19H17FN6O2S. The summed E-state index contributed by atoms with van der Waals surface area (Å²) in [5.74, 6) is -0.168. The average molecular weight is 412 g/mol. The van der Waals surface area contributed by atoms with Gasteiger partial charge in [0.05, 0.1) is 12.8 Å². The van der Waals surface area contributed by atoms with Crippen LogP contribution in [0, 0.1) is 5.82 Å². The molecule has 0 fully saturated rings. The summed E-state index contributed by atoms with van der Waals surface area (Å²) in [5.41, 5.74) is 2.58. The molecule has 4 rings (SSSR count). The molecule has 0 spiro atoms. The number of nitrogens with zero attached hydrogens (tertiary/aromatic N) is 5. The van der Waals surface area contributed by atoms with Crippen LogP contribution in [0.5, 0.6) is 0 Å². The first-order valence-corrected chi connectivity index (χ1v) is 9.57. The van der Waals surface area contributed by atoms with Crippen molar-refractivity contribution in [2.24, 2.45) is 19.2 Å². The highest BCUT2D eigenvalue weighted by atomic mass is 32.1. The Morgan fingerprint density at radius 1 is 1.17 bits per heavy atom. The third kappa shape index (κ3) is 3.38. The number of hydrogen-bond acceptors (Lipinski definition) is 6. The van der Waals surface area contributed by atoms with Gasteiger partial charge in [-0.1, -0.05) is 24.3 Å². The van der Waals surface area contributed by atoms with Gasteiger partial charge in [-0.2, -0.15) is 10.1 Å². The number of benzene rings is 1. The van der Waals surface area contributed by atoms with E-state index in [0.29, 0.717) is 5.56 Å². The zero-order valence-corrected chi connectivity index (χ0v) is 16.5. The second-order valence-corrected chi connectivity index (χ2v) is 7.36. The van der Waals surface area contributed by atoms with Gasteiger partial charge in [-0.05, 0) is 17.5 Å². The molecule has 8 nitrogen and oxygen atoms in total. The number of fused-ring (bicyclic) bond motifs is 1. The number of halogens is 1. The zero-order valence-electron chi connectivity index (χ0n) is 15.7. The van der Waals surface area contributed by atoms with E-state index in [-0.39, 0.29) is 23.7 Å². The van der Waals surface area contributed by atoms with Crippen LogP contribution in [0.15, 0.2) is 56.5 Å². The highest BCUT2D eigenvalue weighted by Crippen LogP contribution is 2.19. The van der Waals surface area contributed by atoms with Crippen LogP contribution in [0.4, 0.5) is 10.3 Å². The molecule has 0 aliphatic heterocycles. The van der Waals surface area contributed by atoms with Gasteiger partial charge in [0.1, 0.15) is 5.82 Å². The van der Waals surface area contributed by atoms with Crippen LogP contribution in [0.25, 0.3) is 11.2 Å². The number of aromatic nitrogens is 4. The predicted octanol–water partition coefficient (Wildman–Crippen LogP) is 2.13. The average Bonchev–Trinajstić information content (AvgIpc) is 3.35. The standard InChI is InChI=1S/C19H17FN6O2S/c1-24-16-15(17(27)25(2)19(24)28)26(11-12-6-3-4-8-14(12)20)18(22-16)23-21-10-13-7-5-9-29-13/h3-10H,11H2,1-2H3,(H,22,23)/b21-10-. The number of imidazole rings is 1. The lowest BCUT2D eigenvalue weighted by atomic mass is 10.2. The molecule has 0 bridgehead atoms. The Balaban J connectivity index is 1.88. The number of hydrazone groups is 1. The second kappa shape index (κ2) is 7.47. The van der Waals surface area contributed by atoms with Gasteiger partial charge in [0, 0.05) is 24.5 Å². The molecule has 3 heterocycles. The van der Waals surface area contributed by atoms with E-state index in [2.05, 4.69) is 15.5 Å². The topological polar surface area (TPSA) is 86.2 Å². The Morgan fingerprint density at radius 2 is 1.97 bits per heavy atom. The van der Waals surface area contributed by atoms with E-state index in [1.54, 1.807) is 24.4 Å². The quantitative estimate of drug-likeness (QED) is 0.402. The molecule has 0 aliphatic carbocycles. The lowest BCUT2D eigenvalue weighted by molar-refractivity contribution is 0.601. The molecule has 0 saturated carbocycles. The van der Waals surface area contributed by atoms with Gasteiger partial charge in [0.25, 0.3) is 5.56 Å². The zero-order chi connectivity index (χ0) is 20.5. The van der Waals surface area contributed by atoms with E-state index in [4.69, 9.17) is 0 Å². The molecule has 3 aromatic heterocycles. The molecule has 148 valence electrons. The van der Waals surface area contributed by atoms with Crippen LogP contribution in [-0.4, -0.2) is 24.9 Å². The lowest BCUT2D eigenvalue weighted by Gasteiger charge is -2.10. The number of hydrogen-bond donors (Lipinski definition) is 1. The predicted molar refractivity (Wildman–Crippen MR) is 111 cm³/mol. The van der Waals surface area contributed by atoms with E-state index >= 15 is 0 Å². The molecule has 0 amide bonds. The molecule has 4 aromatic rings. The van der Waals surface area contributed by atoms with Gasteiger partial charge in [-0.15, -0.1) is 11.3 Å². The number of aryl methyl sites for hydroxylation is 1. The Bertz CT molecular complexity index is 1330. The normalized spacial score (nSPS) is 11.6. The van der Waals surface area contributed by atoms with Gasteiger partial charge in [-0.25, -0.2) is 14.6 Å². The summed E-state index contributed by atoms with van der Waals surface area (Å²) in [6, 6.07) is 10.1. The van der Waals surface area contributed by atoms with Gasteiger partial charge < -0.3 is 0 Å². The van der Waals surface area contributed by atoms with Crippen LogP contribution in [0.3, 0.4) is 0 Å². The van der Waals surface area contributed by atoms with E-state index in [9.17, 15) is 14.0 Å². The molecule has 1 aromatic carbocycles. The Kier molecular flexibility index (Phi) is 4.85. The van der Waals surface area contributed by atoms with Gasteiger partial charge in [0.2, 0.25) is 5.95 Å². The largest absolute Gasteiger partial charge is 0.332 e. The van der Waals surface area contributed by atoms with Crippen molar-refractivity contribution in [1.82, 2.24) is 18.7 Å². The summed E-state index contributed by atoms with van der Waals surface area (Å²) in [7, 11) is 2.93. The maximum absolute atomic E-state index is 14.3. The third-order valence-corrected chi connectivity index (χ3v) is 5.34. The number of nitrogens with one attached hydrogen (secondary N) is 1. The Labute approximate surface area is 168 Å². The van der Waals surface area contributed by atoms with E-state index in [0.717, 1.165) is 9.44 Å². The lowest BCUT2D eigenvalue weighted by Crippen LogP contribution is -2.37. The van der Waals surface area contributed by atoms with Crippen LogP contribution in [-0.2, 0) is 20.6 Å². The molecule has 10 heteroatoms. The van der Waals surface area contributed by atoms with Crippen molar-refractivity contribution in [2.45, 2.75) is 6.54 Å². The summed E-state index contributed by atoms with van der Waals surface area (Å²) in [4.78, 5) is 30.4. The summed E-state index contributed by atoms with van der Waals surface area (Å²) in [5, 5.41) is 6.10. The summed E-state index contributed by atoms with van der Waals surface area (Å²) < 4.78 is 18.1. The van der Waals surface area contributed by atoms with Crippen molar-refractivity contribution in [2.75, 3.05) is 5.43 Å². The first-order chi connectivity index (χ1) is 14.0. The van der Waals surface area contributed by atoms with Crippen molar-refractivity contribution in [3.63, 3.8) is 0 Å². The van der Waals surface area contributed by atoms with Gasteiger partial charge in [0.15, 0.2) is 11.2 Å². The summed E-state index contributed by atoms with van der Waals surface area (Å²) in [6.07, 6.45) is 1.62. The maximum atomic E-state index is 14.3. The molecule has 0 unspecified atom stereocenters. The van der Waals surface area contributed by atoms with E-state index in [1.807, 2.05) is 17.5 Å². The fourth-order valence-corrected chi connectivity index (χ4v) is 3.59. The first-order valence-electron chi connectivity index (χ1n) is 8.69. The fraction of sp³-hybridized carbons (Fsp3) is 0.158. The molecular weight excluding hydrogens is 395 g/mol. The Hall–Kier alpha value is -3.53. The third-order valence-electron chi connectivity index (χ3n) is 4.53. The van der Waals surface area contributed by atoms with Gasteiger partial charge in [-0.3, -0.25) is 18.5 Å². The smallest absolute Gasteiger partial charge is 0.298 e. The van der Waals surface area contributed by atoms with Crippen molar-refractivity contribution in [3.05, 3.63) is 78.9 Å². The molecule has 1 N–H and O–H groups in total. The van der Waals surface area contributed by atoms with Crippen molar-refractivity contribution in [3.8, 4) is 0 Å². The highest BCUT2D eigenvalue weighted by molar-refractivity contribution is 7.11. The van der Waals surface area contributed by atoms with Crippen molar-refractivity contribution < 1.29 is 4.39 Å². The summed E-state index contributed by atoms with van der Waals surface area (Å²) in [6.45, 7) is 0.0491. The monoisotopic (exact) mass is 412 g/mol. The molecule has 0 aliphatic rings. The highest BCUT2D eigenvalue weighted by Gasteiger charge is 2.20. The molecule has 0 radical (unpaired) electrons. The van der Waals surface area contributed by atoms with Crippen LogP contribution >= 0.6 is 11.3 Å². The van der Waals surface area contributed by atoms with Crippen molar-refractivity contribution >= 4 is 34.7 Å². The van der Waals surface area contributed by atoms with Crippen LogP contribution in [0.2, 0.25) is 0 Å². The van der Waals surface area contributed by atoms with E-state index in [1.165, 1.54) is 40.6 Å². The minimum atomic E-state index is -0.512. The van der Waals surface area contributed by atoms with E-state index < -0.39 is 17.1 Å². The maximum Gasteiger partial charge on any atom is 0.332 e. The minimum absolute atomic E-state index is 0.0491. The Morgan fingerprint density at radius 3 is 2.69 bits per heavy atom. The molecule has 29 heavy (non-hydrogen) atoms. The van der Waals surface area contributed by atoms with Crippen molar-refractivity contribution in [1.29, 1.82) is 0 Å². The number of thiophene rings is 1. The molecule has 0 saturated heterocycles. The SMILES string of the molecule is Cn1c(=O)c2c(nc(N/N=C\c3cccs3)n2Cc2ccccc2F)n(C)c1=O. The fourth-order valence-electron chi connectivity index (χ4n) is 3.00. The second-order valence-electron chi connectivity index (χ2n) is 6.38. The first kappa shape index (κ1) is 18.8. The number of rotatable bonds is 5. The van der Waals surface area contributed by atoms with Crippen LogP contribution < -0.4 is 16.7 Å². The molecule has 0 atom stereocenters. The number of anilines is 1.